The van der Waals surface area contributed by atoms with Gasteiger partial charge in [0.05, 0.1) is 24.5 Å². The molecule has 3 aromatic carbocycles. The predicted molar refractivity (Wildman–Crippen MR) is 149 cm³/mol. The molecule has 0 bridgehead atoms. The van der Waals surface area contributed by atoms with Gasteiger partial charge in [0.1, 0.15) is 24.3 Å². The van der Waals surface area contributed by atoms with Crippen molar-refractivity contribution < 1.29 is 32.6 Å². The van der Waals surface area contributed by atoms with Crippen LogP contribution in [0.2, 0.25) is 0 Å². The Morgan fingerprint density at radius 2 is 1.71 bits per heavy atom. The van der Waals surface area contributed by atoms with Gasteiger partial charge < -0.3 is 24.6 Å². The normalized spacial score (nSPS) is 16.9. The van der Waals surface area contributed by atoms with Crippen LogP contribution in [0.4, 0.5) is 29.7 Å². The molecule has 0 aliphatic carbocycles. The highest BCUT2D eigenvalue weighted by Crippen LogP contribution is 2.37. The van der Waals surface area contributed by atoms with E-state index in [9.17, 15) is 14.4 Å². The molecule has 1 atom stereocenters. The van der Waals surface area contributed by atoms with Crippen molar-refractivity contribution in [2.24, 2.45) is 0 Å². The first-order valence-corrected chi connectivity index (χ1v) is 13.3. The maximum atomic E-state index is 15.5. The quantitative estimate of drug-likeness (QED) is 0.453. The van der Waals surface area contributed by atoms with Gasteiger partial charge in [-0.25, -0.2) is 18.4 Å². The lowest BCUT2D eigenvalue weighted by Gasteiger charge is -2.36. The number of anilines is 2. The third-order valence-corrected chi connectivity index (χ3v) is 7.05. The number of nitrogens with one attached hydrogen (secondary N) is 1. The number of ether oxygens (including phenoxy) is 2. The van der Waals surface area contributed by atoms with Gasteiger partial charge in [-0.05, 0) is 29.8 Å². The van der Waals surface area contributed by atoms with Crippen LogP contribution in [0.15, 0.2) is 66.7 Å². The number of carbonyl (C=O) groups excluding carboxylic acids is 3. The molecule has 2 aliphatic rings. The fourth-order valence-electron chi connectivity index (χ4n) is 4.96. The molecule has 3 aromatic rings. The molecule has 2 heterocycles. The maximum absolute atomic E-state index is 15.5. The summed E-state index contributed by atoms with van der Waals surface area (Å²) in [6.07, 6.45) is -1.64. The van der Waals surface area contributed by atoms with Gasteiger partial charge in [-0.15, -0.1) is 0 Å². The maximum Gasteiger partial charge on any atom is 0.414 e. The van der Waals surface area contributed by atoms with Crippen LogP contribution < -0.4 is 15.1 Å². The fourth-order valence-corrected chi connectivity index (χ4v) is 4.96. The highest BCUT2D eigenvalue weighted by molar-refractivity contribution is 5.91. The minimum Gasteiger partial charge on any atom is -0.445 e. The molecular weight excluding hydrogens is 534 g/mol. The fraction of sp³-hybridized carbons (Fsp3) is 0.300. The van der Waals surface area contributed by atoms with E-state index in [2.05, 4.69) is 5.32 Å². The van der Waals surface area contributed by atoms with Crippen molar-refractivity contribution in [2.45, 2.75) is 19.6 Å². The number of piperazine rings is 1. The molecule has 11 heteroatoms. The van der Waals surface area contributed by atoms with Gasteiger partial charge in [0.15, 0.2) is 0 Å². The average molecular weight is 565 g/mol. The highest BCUT2D eigenvalue weighted by atomic mass is 19.1. The Labute approximate surface area is 236 Å². The molecule has 0 unspecified atom stereocenters. The number of para-hydroxylation sites is 1. The Hall–Kier alpha value is -4.67. The van der Waals surface area contributed by atoms with Gasteiger partial charge in [0.2, 0.25) is 5.91 Å². The second kappa shape index (κ2) is 12.2. The molecule has 0 spiro atoms. The minimum absolute atomic E-state index is 0.154. The summed E-state index contributed by atoms with van der Waals surface area (Å²) < 4.78 is 41.4. The molecule has 2 saturated heterocycles. The standard InChI is InChI=1S/C30H30F2N4O5/c1-20(37)33-17-23-18-36(30(39)41-23)22-10-11-24(27(32)16-22)25-8-5-9-26(31)28(25)34-12-14-35(15-13-34)29(38)40-19-21-6-3-2-4-7-21/h2-11,16,23H,12-15,17-19H2,1H3,(H,33,37)/t23-/m0/s1. The van der Waals surface area contributed by atoms with Crippen molar-refractivity contribution in [2.75, 3.05) is 49.1 Å². The SMILES string of the molecule is CC(=O)NC[C@H]1CN(c2ccc(-c3cccc(F)c3N3CCN(C(=O)OCc4ccccc4)CC3)c(F)c2)C(=O)O1. The zero-order valence-corrected chi connectivity index (χ0v) is 22.5. The molecule has 9 nitrogen and oxygen atoms in total. The molecule has 3 amide bonds. The first-order chi connectivity index (χ1) is 19.8. The summed E-state index contributed by atoms with van der Waals surface area (Å²) >= 11 is 0. The monoisotopic (exact) mass is 564 g/mol. The number of carbonyl (C=O) groups is 3. The Balaban J connectivity index is 1.27. The van der Waals surface area contributed by atoms with Gasteiger partial charge >= 0.3 is 12.2 Å². The number of cyclic esters (lactones) is 1. The van der Waals surface area contributed by atoms with Crippen LogP contribution >= 0.6 is 0 Å². The van der Waals surface area contributed by atoms with Crippen LogP contribution in [0.3, 0.4) is 0 Å². The molecule has 2 fully saturated rings. The number of benzene rings is 3. The van der Waals surface area contributed by atoms with Crippen molar-refractivity contribution in [3.8, 4) is 11.1 Å². The number of halogens is 2. The molecule has 0 saturated carbocycles. The molecule has 5 rings (SSSR count). The summed E-state index contributed by atoms with van der Waals surface area (Å²) in [4.78, 5) is 40.8. The van der Waals surface area contributed by atoms with Crippen LogP contribution in [-0.4, -0.2) is 68.4 Å². The molecule has 0 radical (unpaired) electrons. The Morgan fingerprint density at radius 3 is 2.41 bits per heavy atom. The molecule has 214 valence electrons. The van der Waals surface area contributed by atoms with E-state index >= 15 is 8.78 Å². The van der Waals surface area contributed by atoms with Gasteiger partial charge in [-0.3, -0.25) is 9.69 Å². The second-order valence-electron chi connectivity index (χ2n) is 9.87. The van der Waals surface area contributed by atoms with Crippen molar-refractivity contribution in [3.63, 3.8) is 0 Å². The summed E-state index contributed by atoms with van der Waals surface area (Å²) in [5, 5.41) is 2.60. The summed E-state index contributed by atoms with van der Waals surface area (Å²) in [7, 11) is 0. The van der Waals surface area contributed by atoms with Crippen molar-refractivity contribution >= 4 is 29.5 Å². The largest absolute Gasteiger partial charge is 0.445 e. The van der Waals surface area contributed by atoms with Crippen LogP contribution in [-0.2, 0) is 20.9 Å². The zero-order chi connectivity index (χ0) is 28.9. The van der Waals surface area contributed by atoms with Gasteiger partial charge in [0, 0.05) is 44.2 Å². The van der Waals surface area contributed by atoms with Crippen LogP contribution in [0.5, 0.6) is 0 Å². The van der Waals surface area contributed by atoms with Gasteiger partial charge in [-0.2, -0.15) is 0 Å². The smallest absolute Gasteiger partial charge is 0.414 e. The van der Waals surface area contributed by atoms with E-state index in [0.717, 1.165) is 5.56 Å². The lowest BCUT2D eigenvalue weighted by atomic mass is 10.0. The van der Waals surface area contributed by atoms with Crippen molar-refractivity contribution in [1.29, 1.82) is 0 Å². The third kappa shape index (κ3) is 6.40. The van der Waals surface area contributed by atoms with E-state index in [1.807, 2.05) is 30.3 Å². The summed E-state index contributed by atoms with van der Waals surface area (Å²) in [5.41, 5.74) is 1.96. The van der Waals surface area contributed by atoms with E-state index in [1.54, 1.807) is 21.9 Å². The summed E-state index contributed by atoms with van der Waals surface area (Å²) in [6.45, 7) is 3.15. The summed E-state index contributed by atoms with van der Waals surface area (Å²) in [6, 6.07) is 18.2. The van der Waals surface area contributed by atoms with E-state index in [-0.39, 0.29) is 36.9 Å². The lowest BCUT2D eigenvalue weighted by Crippen LogP contribution is -2.49. The van der Waals surface area contributed by atoms with Gasteiger partial charge in [-0.1, -0.05) is 42.5 Å². The number of hydrogen-bond acceptors (Lipinski definition) is 6. The first kappa shape index (κ1) is 27.9. The number of hydrogen-bond donors (Lipinski definition) is 1. The first-order valence-electron chi connectivity index (χ1n) is 13.3. The minimum atomic E-state index is -0.640. The predicted octanol–water partition coefficient (Wildman–Crippen LogP) is 4.55. The molecular formula is C30H30F2N4O5. The summed E-state index contributed by atoms with van der Waals surface area (Å²) in [5.74, 6) is -1.38. The molecule has 2 aliphatic heterocycles. The van der Waals surface area contributed by atoms with Crippen LogP contribution in [0.1, 0.15) is 12.5 Å². The van der Waals surface area contributed by atoms with E-state index in [0.29, 0.717) is 37.4 Å². The Morgan fingerprint density at radius 1 is 0.951 bits per heavy atom. The van der Waals surface area contributed by atoms with Crippen molar-refractivity contribution in [3.05, 3.63) is 83.9 Å². The molecule has 41 heavy (non-hydrogen) atoms. The Kier molecular flexibility index (Phi) is 8.32. The number of rotatable bonds is 7. The van der Waals surface area contributed by atoms with E-state index < -0.39 is 29.9 Å². The van der Waals surface area contributed by atoms with E-state index in [4.69, 9.17) is 9.47 Å². The van der Waals surface area contributed by atoms with Crippen LogP contribution in [0, 0.1) is 11.6 Å². The van der Waals surface area contributed by atoms with Crippen LogP contribution in [0.25, 0.3) is 11.1 Å². The lowest BCUT2D eigenvalue weighted by molar-refractivity contribution is -0.119. The highest BCUT2D eigenvalue weighted by Gasteiger charge is 2.33. The van der Waals surface area contributed by atoms with Crippen molar-refractivity contribution in [1.82, 2.24) is 10.2 Å². The molecule has 0 aromatic heterocycles. The zero-order valence-electron chi connectivity index (χ0n) is 22.5. The number of amides is 3. The average Bonchev–Trinajstić information content (AvgIpc) is 3.35. The second-order valence-corrected chi connectivity index (χ2v) is 9.87. The van der Waals surface area contributed by atoms with Gasteiger partial charge in [0.25, 0.3) is 0 Å². The topological polar surface area (TPSA) is 91.4 Å². The third-order valence-electron chi connectivity index (χ3n) is 7.05. The molecule has 1 N–H and O–H groups in total. The Bertz CT molecular complexity index is 1430. The number of nitrogens with zero attached hydrogens (tertiary/aromatic N) is 3. The van der Waals surface area contributed by atoms with E-state index in [1.165, 1.54) is 36.1 Å².